The topological polar surface area (TPSA) is 83.3 Å². The summed E-state index contributed by atoms with van der Waals surface area (Å²) in [6, 6.07) is 3.90. The van der Waals surface area contributed by atoms with Crippen molar-refractivity contribution in [1.82, 2.24) is 14.1 Å². The van der Waals surface area contributed by atoms with Crippen LogP contribution in [0.2, 0.25) is 0 Å². The minimum atomic E-state index is -3.17. The van der Waals surface area contributed by atoms with Crippen molar-refractivity contribution in [3.05, 3.63) is 24.2 Å². The van der Waals surface area contributed by atoms with Gasteiger partial charge < -0.3 is 14.1 Å². The van der Waals surface area contributed by atoms with E-state index in [-0.39, 0.29) is 11.9 Å². The fourth-order valence-corrected chi connectivity index (χ4v) is 4.80. The summed E-state index contributed by atoms with van der Waals surface area (Å²) in [6.07, 6.45) is 5.45. The van der Waals surface area contributed by atoms with Crippen LogP contribution in [0.4, 0.5) is 0 Å². The van der Waals surface area contributed by atoms with E-state index in [9.17, 15) is 13.2 Å². The second-order valence-electron chi connectivity index (χ2n) is 7.35. The minimum Gasteiger partial charge on any atom is -0.459 e. The Labute approximate surface area is 161 Å². The highest BCUT2D eigenvalue weighted by Gasteiger charge is 2.36. The number of carbonyl (C=O) groups is 1. The van der Waals surface area contributed by atoms with E-state index in [0.717, 1.165) is 32.5 Å². The van der Waals surface area contributed by atoms with Gasteiger partial charge in [-0.15, -0.1) is 0 Å². The van der Waals surface area contributed by atoms with Crippen molar-refractivity contribution < 1.29 is 22.4 Å². The fourth-order valence-electron chi connectivity index (χ4n) is 3.92. The molecule has 2 aliphatic heterocycles. The Morgan fingerprint density at radius 1 is 1.22 bits per heavy atom. The first-order valence-electron chi connectivity index (χ1n) is 9.44. The molecule has 0 aromatic carbocycles. The molecule has 1 aromatic heterocycles. The minimum absolute atomic E-state index is 0.142. The molecule has 0 radical (unpaired) electrons. The van der Waals surface area contributed by atoms with Crippen LogP contribution in [0, 0.1) is 0 Å². The van der Waals surface area contributed by atoms with Gasteiger partial charge in [0.15, 0.2) is 5.76 Å². The zero-order chi connectivity index (χ0) is 19.4. The maximum Gasteiger partial charge on any atom is 0.289 e. The SMILES string of the molecule is CN(CCN(C1CCOCC1)C1CCN(S(C)(=O)=O)C1)C(=O)c1ccco1. The molecule has 0 N–H and O–H groups in total. The molecule has 2 aliphatic rings. The summed E-state index contributed by atoms with van der Waals surface area (Å²) in [6.45, 7) is 3.80. The summed E-state index contributed by atoms with van der Waals surface area (Å²) in [5.74, 6) is 0.190. The van der Waals surface area contributed by atoms with Gasteiger partial charge in [0, 0.05) is 58.5 Å². The molecular formula is C18H29N3O5S. The van der Waals surface area contributed by atoms with E-state index in [0.29, 0.717) is 38.0 Å². The molecule has 1 unspecified atom stereocenters. The smallest absolute Gasteiger partial charge is 0.289 e. The van der Waals surface area contributed by atoms with Crippen LogP contribution in [-0.4, -0.2) is 93.2 Å². The van der Waals surface area contributed by atoms with E-state index in [2.05, 4.69) is 4.90 Å². The maximum absolute atomic E-state index is 12.4. The molecule has 0 spiro atoms. The Hall–Kier alpha value is -1.42. The molecule has 8 nitrogen and oxygen atoms in total. The highest BCUT2D eigenvalue weighted by molar-refractivity contribution is 7.88. The third kappa shape index (κ3) is 5.10. The van der Waals surface area contributed by atoms with Crippen LogP contribution in [0.1, 0.15) is 29.8 Å². The van der Waals surface area contributed by atoms with Crippen LogP contribution in [0.5, 0.6) is 0 Å². The monoisotopic (exact) mass is 399 g/mol. The third-order valence-corrected chi connectivity index (χ3v) is 6.77. The molecular weight excluding hydrogens is 370 g/mol. The highest BCUT2D eigenvalue weighted by atomic mass is 32.2. The van der Waals surface area contributed by atoms with Gasteiger partial charge in [-0.05, 0) is 31.4 Å². The van der Waals surface area contributed by atoms with E-state index < -0.39 is 10.0 Å². The van der Waals surface area contributed by atoms with Crippen LogP contribution < -0.4 is 0 Å². The first-order valence-corrected chi connectivity index (χ1v) is 11.3. The van der Waals surface area contributed by atoms with Crippen molar-refractivity contribution in [3.8, 4) is 0 Å². The molecule has 1 aromatic rings. The Bertz CT molecular complexity index is 715. The average Bonchev–Trinajstić information content (AvgIpc) is 3.34. The quantitative estimate of drug-likeness (QED) is 0.676. The standard InChI is InChI=1S/C18H29N3O5S/c1-19(18(22)17-4-3-11-26-17)9-10-21(15-6-12-25-13-7-15)16-5-8-20(14-16)27(2,23)24/h3-4,11,15-16H,5-10,12-14H2,1-2H3. The Kier molecular flexibility index (Phi) is 6.56. The predicted octanol–water partition coefficient (Wildman–Crippen LogP) is 0.867. The van der Waals surface area contributed by atoms with Gasteiger partial charge in [-0.1, -0.05) is 0 Å². The molecule has 2 saturated heterocycles. The Morgan fingerprint density at radius 3 is 2.56 bits per heavy atom. The molecule has 0 bridgehead atoms. The van der Waals surface area contributed by atoms with Crippen molar-refractivity contribution in [2.75, 3.05) is 52.7 Å². The lowest BCUT2D eigenvalue weighted by molar-refractivity contribution is 0.0156. The Balaban J connectivity index is 1.64. The van der Waals surface area contributed by atoms with Gasteiger partial charge in [-0.25, -0.2) is 12.7 Å². The number of carbonyl (C=O) groups excluding carboxylic acids is 1. The summed E-state index contributed by atoms with van der Waals surface area (Å²) in [7, 11) is -1.40. The fraction of sp³-hybridized carbons (Fsp3) is 0.722. The van der Waals surface area contributed by atoms with Crippen LogP contribution >= 0.6 is 0 Å². The lowest BCUT2D eigenvalue weighted by Gasteiger charge is -2.39. The van der Waals surface area contributed by atoms with Crippen molar-refractivity contribution in [1.29, 1.82) is 0 Å². The van der Waals surface area contributed by atoms with Crippen molar-refractivity contribution in [3.63, 3.8) is 0 Å². The van der Waals surface area contributed by atoms with E-state index in [1.165, 1.54) is 12.5 Å². The third-order valence-electron chi connectivity index (χ3n) is 5.50. The van der Waals surface area contributed by atoms with Crippen LogP contribution in [-0.2, 0) is 14.8 Å². The number of rotatable bonds is 7. The first kappa shape index (κ1) is 20.3. The number of furan rings is 1. The summed E-state index contributed by atoms with van der Waals surface area (Å²) < 4.78 is 36.0. The van der Waals surface area contributed by atoms with Crippen LogP contribution in [0.3, 0.4) is 0 Å². The van der Waals surface area contributed by atoms with Crippen LogP contribution in [0.15, 0.2) is 22.8 Å². The lowest BCUT2D eigenvalue weighted by atomic mass is 10.0. The molecule has 1 atom stereocenters. The molecule has 27 heavy (non-hydrogen) atoms. The zero-order valence-electron chi connectivity index (χ0n) is 16.0. The number of hydrogen-bond acceptors (Lipinski definition) is 6. The average molecular weight is 400 g/mol. The van der Waals surface area contributed by atoms with E-state index in [1.54, 1.807) is 28.4 Å². The predicted molar refractivity (Wildman–Crippen MR) is 101 cm³/mol. The van der Waals surface area contributed by atoms with Crippen molar-refractivity contribution >= 4 is 15.9 Å². The number of ether oxygens (including phenoxy) is 1. The van der Waals surface area contributed by atoms with E-state index >= 15 is 0 Å². The highest BCUT2D eigenvalue weighted by Crippen LogP contribution is 2.24. The number of nitrogens with zero attached hydrogens (tertiary/aromatic N) is 3. The molecule has 2 fully saturated rings. The molecule has 0 saturated carbocycles. The van der Waals surface area contributed by atoms with Gasteiger partial charge in [0.25, 0.3) is 5.91 Å². The van der Waals surface area contributed by atoms with E-state index in [4.69, 9.17) is 9.15 Å². The van der Waals surface area contributed by atoms with Crippen molar-refractivity contribution in [2.45, 2.75) is 31.3 Å². The molecule has 1 amide bonds. The normalized spacial score (nSPS) is 22.4. The lowest BCUT2D eigenvalue weighted by Crippen LogP contribution is -2.50. The van der Waals surface area contributed by atoms with Crippen molar-refractivity contribution in [2.24, 2.45) is 0 Å². The van der Waals surface area contributed by atoms with Gasteiger partial charge >= 0.3 is 0 Å². The number of amides is 1. The van der Waals surface area contributed by atoms with Gasteiger partial charge in [0.05, 0.1) is 12.5 Å². The molecule has 0 aliphatic carbocycles. The number of sulfonamides is 1. The van der Waals surface area contributed by atoms with E-state index in [1.807, 2.05) is 0 Å². The van der Waals surface area contributed by atoms with Gasteiger partial charge in [0.1, 0.15) is 0 Å². The second-order valence-corrected chi connectivity index (χ2v) is 9.33. The Morgan fingerprint density at radius 2 is 1.96 bits per heavy atom. The number of likely N-dealkylation sites (N-methyl/N-ethyl adjacent to an activating group) is 1. The largest absolute Gasteiger partial charge is 0.459 e. The molecule has 9 heteroatoms. The zero-order valence-corrected chi connectivity index (χ0v) is 16.9. The first-order chi connectivity index (χ1) is 12.9. The van der Waals surface area contributed by atoms with Gasteiger partial charge in [-0.2, -0.15) is 0 Å². The van der Waals surface area contributed by atoms with Gasteiger partial charge in [0.2, 0.25) is 10.0 Å². The summed E-state index contributed by atoms with van der Waals surface area (Å²) in [5, 5.41) is 0. The van der Waals surface area contributed by atoms with Gasteiger partial charge in [-0.3, -0.25) is 9.69 Å². The maximum atomic E-state index is 12.4. The molecule has 3 heterocycles. The molecule has 152 valence electrons. The number of hydrogen-bond donors (Lipinski definition) is 0. The molecule has 3 rings (SSSR count). The second kappa shape index (κ2) is 8.72. The van der Waals surface area contributed by atoms with Crippen LogP contribution in [0.25, 0.3) is 0 Å². The summed E-state index contributed by atoms with van der Waals surface area (Å²) in [5.41, 5.74) is 0. The summed E-state index contributed by atoms with van der Waals surface area (Å²) in [4.78, 5) is 16.5. The summed E-state index contributed by atoms with van der Waals surface area (Å²) >= 11 is 0.